The summed E-state index contributed by atoms with van der Waals surface area (Å²) in [7, 11) is 3.18. The van der Waals surface area contributed by atoms with Gasteiger partial charge in [-0.15, -0.1) is 0 Å². The van der Waals surface area contributed by atoms with E-state index in [9.17, 15) is 4.79 Å². The number of benzene rings is 1. The Labute approximate surface area is 148 Å². The molecule has 2 amide bonds. The van der Waals surface area contributed by atoms with E-state index in [1.54, 1.807) is 14.2 Å². The van der Waals surface area contributed by atoms with Crippen molar-refractivity contribution in [2.75, 3.05) is 40.5 Å². The summed E-state index contributed by atoms with van der Waals surface area (Å²) < 4.78 is 16.5. The Morgan fingerprint density at radius 3 is 3.00 bits per heavy atom. The molecule has 138 valence electrons. The highest BCUT2D eigenvalue weighted by Gasteiger charge is 2.32. The van der Waals surface area contributed by atoms with E-state index in [4.69, 9.17) is 14.2 Å². The zero-order valence-corrected chi connectivity index (χ0v) is 14.9. The van der Waals surface area contributed by atoms with Crippen LogP contribution in [0.1, 0.15) is 18.4 Å². The summed E-state index contributed by atoms with van der Waals surface area (Å²) in [5, 5.41) is 5.75. The van der Waals surface area contributed by atoms with Crippen LogP contribution in [0.2, 0.25) is 0 Å². The number of nitrogens with one attached hydrogen (secondary N) is 2. The van der Waals surface area contributed by atoms with Crippen LogP contribution in [-0.4, -0.2) is 63.5 Å². The summed E-state index contributed by atoms with van der Waals surface area (Å²) in [6, 6.07) is 5.97. The Balaban J connectivity index is 1.44. The first-order valence-corrected chi connectivity index (χ1v) is 8.78. The molecule has 3 rings (SSSR count). The minimum Gasteiger partial charge on any atom is -0.493 e. The zero-order chi connectivity index (χ0) is 17.6. The van der Waals surface area contributed by atoms with Gasteiger partial charge in [0.05, 0.1) is 26.9 Å². The average molecular weight is 349 g/mol. The van der Waals surface area contributed by atoms with Gasteiger partial charge in [-0.25, -0.2) is 4.79 Å². The van der Waals surface area contributed by atoms with Gasteiger partial charge in [-0.2, -0.15) is 0 Å². The molecule has 0 spiro atoms. The van der Waals surface area contributed by atoms with Crippen molar-refractivity contribution < 1.29 is 19.0 Å². The van der Waals surface area contributed by atoms with Crippen molar-refractivity contribution in [1.29, 1.82) is 0 Å². The Morgan fingerprint density at radius 2 is 2.20 bits per heavy atom. The molecule has 2 aliphatic heterocycles. The van der Waals surface area contributed by atoms with Crippen LogP contribution >= 0.6 is 0 Å². The zero-order valence-electron chi connectivity index (χ0n) is 14.9. The molecule has 7 heteroatoms. The molecule has 1 aromatic rings. The molecular formula is C18H27N3O4. The van der Waals surface area contributed by atoms with Crippen molar-refractivity contribution in [3.8, 4) is 11.5 Å². The molecule has 1 aromatic carbocycles. The maximum Gasteiger partial charge on any atom is 0.315 e. The standard InChI is InChI=1S/C18H27N3O4/c1-23-16-7-3-5-13(17(16)24-2)9-19-18(22)20-10-15-11-21-8-4-6-14(21)12-25-15/h3,5,7,14-15H,4,6,8-12H2,1-2H3,(H2,19,20,22)/t14-,15-/m0/s1. The molecule has 2 atom stereocenters. The lowest BCUT2D eigenvalue weighted by atomic mass is 10.2. The summed E-state index contributed by atoms with van der Waals surface area (Å²) in [5.41, 5.74) is 0.867. The summed E-state index contributed by atoms with van der Waals surface area (Å²) >= 11 is 0. The van der Waals surface area contributed by atoms with Gasteiger partial charge in [0.2, 0.25) is 0 Å². The number of carbonyl (C=O) groups excluding carboxylic acids is 1. The molecule has 7 nitrogen and oxygen atoms in total. The van der Waals surface area contributed by atoms with Crippen LogP contribution in [0.15, 0.2) is 18.2 Å². The van der Waals surface area contributed by atoms with Crippen LogP contribution in [0.5, 0.6) is 11.5 Å². The molecule has 0 radical (unpaired) electrons. The van der Waals surface area contributed by atoms with Crippen molar-refractivity contribution >= 4 is 6.03 Å². The van der Waals surface area contributed by atoms with Gasteiger partial charge in [0.25, 0.3) is 0 Å². The quantitative estimate of drug-likeness (QED) is 0.812. The fraction of sp³-hybridized carbons (Fsp3) is 0.611. The van der Waals surface area contributed by atoms with Gasteiger partial charge in [0, 0.05) is 31.2 Å². The average Bonchev–Trinajstić information content (AvgIpc) is 3.11. The fourth-order valence-electron chi connectivity index (χ4n) is 3.55. The first-order valence-electron chi connectivity index (χ1n) is 8.78. The monoisotopic (exact) mass is 349 g/mol. The van der Waals surface area contributed by atoms with Gasteiger partial charge >= 0.3 is 6.03 Å². The molecule has 0 bridgehead atoms. The number of hydrogen-bond acceptors (Lipinski definition) is 5. The SMILES string of the molecule is COc1cccc(CNC(=O)NC[C@H]2CN3CCC[C@H]3CO2)c1OC. The molecule has 2 saturated heterocycles. The predicted octanol–water partition coefficient (Wildman–Crippen LogP) is 1.37. The minimum atomic E-state index is -0.211. The molecule has 2 N–H and O–H groups in total. The highest BCUT2D eigenvalue weighted by molar-refractivity contribution is 5.74. The maximum atomic E-state index is 12.1. The lowest BCUT2D eigenvalue weighted by Gasteiger charge is -2.35. The van der Waals surface area contributed by atoms with Crippen molar-refractivity contribution in [2.45, 2.75) is 31.5 Å². The number of methoxy groups -OCH3 is 2. The highest BCUT2D eigenvalue weighted by atomic mass is 16.5. The number of rotatable bonds is 6. The van der Waals surface area contributed by atoms with Gasteiger partial charge < -0.3 is 24.8 Å². The molecule has 0 aliphatic carbocycles. The third kappa shape index (κ3) is 4.35. The summed E-state index contributed by atoms with van der Waals surface area (Å²) in [6.45, 7) is 3.70. The number of ether oxygens (including phenoxy) is 3. The summed E-state index contributed by atoms with van der Waals surface area (Å²) in [6.07, 6.45) is 2.53. The minimum absolute atomic E-state index is 0.0615. The van der Waals surface area contributed by atoms with Crippen LogP contribution in [0.25, 0.3) is 0 Å². The molecule has 2 aliphatic rings. The number of para-hydroxylation sites is 1. The largest absolute Gasteiger partial charge is 0.493 e. The van der Waals surface area contributed by atoms with Crippen molar-refractivity contribution in [3.63, 3.8) is 0 Å². The number of carbonyl (C=O) groups is 1. The topological polar surface area (TPSA) is 72.1 Å². The summed E-state index contributed by atoms with van der Waals surface area (Å²) in [4.78, 5) is 14.5. The lowest BCUT2D eigenvalue weighted by Crippen LogP contribution is -2.51. The number of fused-ring (bicyclic) bond motifs is 1. The lowest BCUT2D eigenvalue weighted by molar-refractivity contribution is -0.0457. The third-order valence-corrected chi connectivity index (χ3v) is 4.88. The fourth-order valence-corrected chi connectivity index (χ4v) is 3.55. The second-order valence-electron chi connectivity index (χ2n) is 6.46. The second-order valence-corrected chi connectivity index (χ2v) is 6.46. The van der Waals surface area contributed by atoms with Gasteiger partial charge in [-0.05, 0) is 25.5 Å². The van der Waals surface area contributed by atoms with Gasteiger partial charge in [0.1, 0.15) is 0 Å². The maximum absolute atomic E-state index is 12.1. The van der Waals surface area contributed by atoms with E-state index >= 15 is 0 Å². The van der Waals surface area contributed by atoms with Crippen molar-refractivity contribution in [2.24, 2.45) is 0 Å². The van der Waals surface area contributed by atoms with Crippen LogP contribution in [0.3, 0.4) is 0 Å². The molecule has 0 aromatic heterocycles. The molecule has 2 fully saturated rings. The van der Waals surface area contributed by atoms with E-state index in [0.717, 1.165) is 25.3 Å². The van der Waals surface area contributed by atoms with Gasteiger partial charge in [0.15, 0.2) is 11.5 Å². The van der Waals surface area contributed by atoms with Gasteiger partial charge in [-0.3, -0.25) is 4.90 Å². The first-order chi connectivity index (χ1) is 12.2. The first kappa shape index (κ1) is 17.8. The smallest absolute Gasteiger partial charge is 0.315 e. The van der Waals surface area contributed by atoms with E-state index < -0.39 is 0 Å². The Morgan fingerprint density at radius 1 is 1.32 bits per heavy atom. The van der Waals surface area contributed by atoms with Crippen molar-refractivity contribution in [1.82, 2.24) is 15.5 Å². The number of amides is 2. The van der Waals surface area contributed by atoms with E-state index in [1.807, 2.05) is 18.2 Å². The molecular weight excluding hydrogens is 322 g/mol. The number of morpholine rings is 1. The predicted molar refractivity (Wildman–Crippen MR) is 94.1 cm³/mol. The Hall–Kier alpha value is -1.99. The summed E-state index contributed by atoms with van der Waals surface area (Å²) in [5.74, 6) is 1.29. The molecule has 25 heavy (non-hydrogen) atoms. The molecule has 0 saturated carbocycles. The normalized spacial score (nSPS) is 23.0. The number of hydrogen-bond donors (Lipinski definition) is 2. The number of nitrogens with zero attached hydrogens (tertiary/aromatic N) is 1. The van der Waals surface area contributed by atoms with Crippen molar-refractivity contribution in [3.05, 3.63) is 23.8 Å². The Bertz CT molecular complexity index is 596. The number of urea groups is 1. The van der Waals surface area contributed by atoms with E-state index in [-0.39, 0.29) is 12.1 Å². The van der Waals surface area contributed by atoms with E-state index in [1.165, 1.54) is 12.8 Å². The molecule has 2 heterocycles. The van der Waals surface area contributed by atoms with Crippen LogP contribution in [0, 0.1) is 0 Å². The van der Waals surface area contributed by atoms with E-state index in [0.29, 0.717) is 30.6 Å². The van der Waals surface area contributed by atoms with Crippen LogP contribution < -0.4 is 20.1 Å². The van der Waals surface area contributed by atoms with Gasteiger partial charge in [-0.1, -0.05) is 12.1 Å². The highest BCUT2D eigenvalue weighted by Crippen LogP contribution is 2.30. The van der Waals surface area contributed by atoms with E-state index in [2.05, 4.69) is 15.5 Å². The third-order valence-electron chi connectivity index (χ3n) is 4.88. The Kier molecular flexibility index (Phi) is 5.99. The molecule has 0 unspecified atom stereocenters. The van der Waals surface area contributed by atoms with Crippen LogP contribution in [-0.2, 0) is 11.3 Å². The van der Waals surface area contributed by atoms with Crippen LogP contribution in [0.4, 0.5) is 4.79 Å². The second kappa shape index (κ2) is 8.40.